The number of aryl methyl sites for hydroxylation is 1. The lowest BCUT2D eigenvalue weighted by Gasteiger charge is -2.11. The van der Waals surface area contributed by atoms with Crippen LogP contribution < -0.4 is 20.1 Å². The Morgan fingerprint density at radius 3 is 2.30 bits per heavy atom. The molecule has 0 unspecified atom stereocenters. The van der Waals surface area contributed by atoms with E-state index >= 15 is 0 Å². The Bertz CT molecular complexity index is 1000. The summed E-state index contributed by atoms with van der Waals surface area (Å²) in [6.45, 7) is 5.59. The van der Waals surface area contributed by atoms with Gasteiger partial charge in [-0.2, -0.15) is 0 Å². The van der Waals surface area contributed by atoms with Gasteiger partial charge in [0.25, 0.3) is 0 Å². The van der Waals surface area contributed by atoms with E-state index in [2.05, 4.69) is 15.4 Å². The molecule has 0 aliphatic carbocycles. The fourth-order valence-corrected chi connectivity index (χ4v) is 3.96. The number of carbonyl (C=O) groups excluding carboxylic acids is 2. The summed E-state index contributed by atoms with van der Waals surface area (Å²) in [6.07, 6.45) is 0.449. The number of sulfonamides is 1. The molecule has 0 atom stereocenters. The van der Waals surface area contributed by atoms with Crippen LogP contribution in [-0.4, -0.2) is 39.9 Å². The third kappa shape index (κ3) is 6.57. The lowest BCUT2D eigenvalue weighted by atomic mass is 10.1. The number of anilines is 1. The van der Waals surface area contributed by atoms with Gasteiger partial charge in [0.2, 0.25) is 10.0 Å². The minimum absolute atomic E-state index is 0.176. The molecule has 9 heteroatoms. The van der Waals surface area contributed by atoms with Crippen molar-refractivity contribution in [2.75, 3.05) is 19.0 Å². The van der Waals surface area contributed by atoms with Gasteiger partial charge in [-0.1, -0.05) is 18.2 Å². The maximum Gasteiger partial charge on any atom is 0.313 e. The largest absolute Gasteiger partial charge is 0.495 e. The molecule has 0 heterocycles. The van der Waals surface area contributed by atoms with E-state index in [-0.39, 0.29) is 17.5 Å². The average molecular weight is 434 g/mol. The van der Waals surface area contributed by atoms with Crippen molar-refractivity contribution in [2.24, 2.45) is 0 Å². The highest BCUT2D eigenvalue weighted by Gasteiger charge is 2.17. The van der Waals surface area contributed by atoms with Crippen molar-refractivity contribution >= 4 is 27.5 Å². The summed E-state index contributed by atoms with van der Waals surface area (Å²) in [5, 5.41) is 5.09. The molecule has 0 aliphatic rings. The molecule has 0 radical (unpaired) electrons. The molecule has 3 N–H and O–H groups in total. The van der Waals surface area contributed by atoms with Crippen LogP contribution in [0.1, 0.15) is 25.0 Å². The average Bonchev–Trinajstić information content (AvgIpc) is 2.67. The van der Waals surface area contributed by atoms with E-state index in [1.807, 2.05) is 13.0 Å². The Kier molecular flexibility index (Phi) is 7.96. The monoisotopic (exact) mass is 433 g/mol. The second-order valence-corrected chi connectivity index (χ2v) is 8.80. The van der Waals surface area contributed by atoms with Crippen LogP contribution in [0, 0.1) is 6.92 Å². The Morgan fingerprint density at radius 2 is 1.70 bits per heavy atom. The first-order valence-corrected chi connectivity index (χ1v) is 11.0. The predicted octanol–water partition coefficient (Wildman–Crippen LogP) is 1.99. The number of benzene rings is 2. The number of carbonyl (C=O) groups is 2. The Balaban J connectivity index is 1.88. The zero-order chi connectivity index (χ0) is 22.3. The topological polar surface area (TPSA) is 114 Å². The van der Waals surface area contributed by atoms with E-state index in [1.54, 1.807) is 38.1 Å². The Morgan fingerprint density at radius 1 is 1.03 bits per heavy atom. The number of rotatable bonds is 8. The number of hydrogen-bond donors (Lipinski definition) is 3. The van der Waals surface area contributed by atoms with Crippen LogP contribution in [0.4, 0.5) is 5.69 Å². The SMILES string of the molecule is COc1ccc(C)cc1NC(=O)C(=O)NCCc1ccc(S(=O)(=O)NC(C)C)cc1. The van der Waals surface area contributed by atoms with Crippen LogP contribution in [0.5, 0.6) is 5.75 Å². The quantitative estimate of drug-likeness (QED) is 0.551. The number of amides is 2. The van der Waals surface area contributed by atoms with Gasteiger partial charge in [-0.05, 0) is 62.6 Å². The van der Waals surface area contributed by atoms with Crippen molar-refractivity contribution in [2.45, 2.75) is 38.1 Å². The molecule has 0 spiro atoms. The van der Waals surface area contributed by atoms with Crippen molar-refractivity contribution < 1.29 is 22.7 Å². The van der Waals surface area contributed by atoms with Crippen molar-refractivity contribution in [3.8, 4) is 5.75 Å². The van der Waals surface area contributed by atoms with Crippen LogP contribution in [0.15, 0.2) is 47.4 Å². The molecule has 0 fully saturated rings. The number of methoxy groups -OCH3 is 1. The molecule has 2 rings (SSSR count). The summed E-state index contributed by atoms with van der Waals surface area (Å²) < 4.78 is 32.0. The van der Waals surface area contributed by atoms with Crippen LogP contribution in [-0.2, 0) is 26.0 Å². The highest BCUT2D eigenvalue weighted by atomic mass is 32.2. The van der Waals surface area contributed by atoms with Gasteiger partial charge in [-0.15, -0.1) is 0 Å². The minimum Gasteiger partial charge on any atom is -0.495 e. The van der Waals surface area contributed by atoms with Gasteiger partial charge in [0.15, 0.2) is 0 Å². The molecule has 2 amide bonds. The van der Waals surface area contributed by atoms with Crippen LogP contribution in [0.25, 0.3) is 0 Å². The minimum atomic E-state index is -3.54. The van der Waals surface area contributed by atoms with Gasteiger partial charge in [0.05, 0.1) is 17.7 Å². The molecule has 0 aromatic heterocycles. The molecular weight excluding hydrogens is 406 g/mol. The van der Waals surface area contributed by atoms with E-state index in [0.29, 0.717) is 17.9 Å². The van der Waals surface area contributed by atoms with Gasteiger partial charge < -0.3 is 15.4 Å². The first kappa shape index (κ1) is 23.4. The molecule has 8 nitrogen and oxygen atoms in total. The first-order chi connectivity index (χ1) is 14.1. The molecule has 30 heavy (non-hydrogen) atoms. The van der Waals surface area contributed by atoms with Crippen LogP contribution in [0.3, 0.4) is 0 Å². The van der Waals surface area contributed by atoms with Crippen molar-refractivity contribution in [1.82, 2.24) is 10.0 Å². The molecule has 0 aliphatic heterocycles. The first-order valence-electron chi connectivity index (χ1n) is 9.47. The third-order valence-corrected chi connectivity index (χ3v) is 5.81. The summed E-state index contributed by atoms with van der Waals surface area (Å²) in [5.74, 6) is -1.09. The summed E-state index contributed by atoms with van der Waals surface area (Å²) in [4.78, 5) is 24.4. The smallest absolute Gasteiger partial charge is 0.313 e. The molecular formula is C21H27N3O5S. The zero-order valence-corrected chi connectivity index (χ0v) is 18.3. The maximum absolute atomic E-state index is 12.1. The number of ether oxygens (including phenoxy) is 1. The molecule has 162 valence electrons. The van der Waals surface area contributed by atoms with Gasteiger partial charge in [0, 0.05) is 12.6 Å². The fraction of sp³-hybridized carbons (Fsp3) is 0.333. The molecule has 0 saturated carbocycles. The third-order valence-electron chi connectivity index (χ3n) is 4.13. The molecule has 0 saturated heterocycles. The maximum atomic E-state index is 12.1. The zero-order valence-electron chi connectivity index (χ0n) is 17.5. The van der Waals surface area contributed by atoms with E-state index in [9.17, 15) is 18.0 Å². The summed E-state index contributed by atoms with van der Waals surface area (Å²) >= 11 is 0. The molecule has 2 aromatic carbocycles. The summed E-state index contributed by atoms with van der Waals surface area (Å²) in [5.41, 5.74) is 2.17. The molecule has 2 aromatic rings. The summed E-state index contributed by atoms with van der Waals surface area (Å²) in [7, 11) is -2.06. The summed E-state index contributed by atoms with van der Waals surface area (Å²) in [6, 6.07) is 11.5. The van der Waals surface area contributed by atoms with Crippen molar-refractivity contribution in [3.05, 3.63) is 53.6 Å². The van der Waals surface area contributed by atoms with Crippen molar-refractivity contribution in [1.29, 1.82) is 0 Å². The highest BCUT2D eigenvalue weighted by molar-refractivity contribution is 7.89. The highest BCUT2D eigenvalue weighted by Crippen LogP contribution is 2.25. The van der Waals surface area contributed by atoms with Gasteiger partial charge in [-0.3, -0.25) is 9.59 Å². The Labute approximate surface area is 177 Å². The Hall–Kier alpha value is -2.91. The predicted molar refractivity (Wildman–Crippen MR) is 115 cm³/mol. The number of hydrogen-bond acceptors (Lipinski definition) is 5. The molecule has 0 bridgehead atoms. The van der Waals surface area contributed by atoms with E-state index in [4.69, 9.17) is 4.74 Å². The van der Waals surface area contributed by atoms with Gasteiger partial charge in [0.1, 0.15) is 5.75 Å². The standard InChI is InChI=1S/C21H27N3O5S/c1-14(2)24-30(27,28)17-8-6-16(7-9-17)11-12-22-20(25)21(26)23-18-13-15(3)5-10-19(18)29-4/h5-10,13-14,24H,11-12H2,1-4H3,(H,22,25)(H,23,26). The van der Waals surface area contributed by atoms with E-state index in [1.165, 1.54) is 19.2 Å². The van der Waals surface area contributed by atoms with Crippen molar-refractivity contribution in [3.63, 3.8) is 0 Å². The van der Waals surface area contributed by atoms with Crippen LogP contribution >= 0.6 is 0 Å². The lowest BCUT2D eigenvalue weighted by molar-refractivity contribution is -0.136. The van der Waals surface area contributed by atoms with E-state index < -0.39 is 21.8 Å². The van der Waals surface area contributed by atoms with Crippen LogP contribution in [0.2, 0.25) is 0 Å². The second-order valence-electron chi connectivity index (χ2n) is 7.08. The number of nitrogens with one attached hydrogen (secondary N) is 3. The lowest BCUT2D eigenvalue weighted by Crippen LogP contribution is -2.36. The fourth-order valence-electron chi connectivity index (χ4n) is 2.71. The normalized spacial score (nSPS) is 11.2. The van der Waals surface area contributed by atoms with Gasteiger partial charge in [-0.25, -0.2) is 13.1 Å². The van der Waals surface area contributed by atoms with E-state index in [0.717, 1.165) is 11.1 Å². The van der Waals surface area contributed by atoms with Gasteiger partial charge >= 0.3 is 11.8 Å². The second kappa shape index (κ2) is 10.2.